The van der Waals surface area contributed by atoms with Gasteiger partial charge in [-0.25, -0.2) is 18.4 Å². The highest BCUT2D eigenvalue weighted by molar-refractivity contribution is 7.89. The van der Waals surface area contributed by atoms with Gasteiger partial charge in [-0.3, -0.25) is 4.57 Å². The number of sulfonamides is 1. The molecule has 0 amide bonds. The molecule has 1 heterocycles. The molecule has 0 bridgehead atoms. The van der Waals surface area contributed by atoms with Crippen LogP contribution in [-0.2, 0) is 16.6 Å². The molecule has 1 aromatic rings. The highest BCUT2D eigenvalue weighted by Gasteiger charge is 2.02. The predicted molar refractivity (Wildman–Crippen MR) is 47.6 cm³/mol. The number of nitrogens with zero attached hydrogens (tertiary/aromatic N) is 1. The zero-order valence-electron chi connectivity index (χ0n) is 6.93. The summed E-state index contributed by atoms with van der Waals surface area (Å²) in [5.74, 6) is -0.107. The van der Waals surface area contributed by atoms with Crippen molar-refractivity contribution < 1.29 is 8.42 Å². The minimum Gasteiger partial charge on any atom is -0.313 e. The Labute approximate surface area is 75.4 Å². The van der Waals surface area contributed by atoms with Crippen LogP contribution < -0.4 is 10.8 Å². The number of imidazole rings is 1. The van der Waals surface area contributed by atoms with Gasteiger partial charge in [0.05, 0.1) is 5.75 Å². The average Bonchev–Trinajstić information content (AvgIpc) is 2.34. The fraction of sp³-hybridized carbons (Fsp3) is 0.500. The standard InChI is InChI=1S/C6H11N3O3S/c7-13(11,12)5-1-3-9-4-2-8-6(9)10/h2,4H,1,3,5H2,(H,8,10)(H2,7,11,12). The van der Waals surface area contributed by atoms with E-state index < -0.39 is 10.0 Å². The Balaban J connectivity index is 2.46. The van der Waals surface area contributed by atoms with E-state index in [-0.39, 0.29) is 11.4 Å². The minimum absolute atomic E-state index is 0.107. The van der Waals surface area contributed by atoms with Crippen LogP contribution in [0.4, 0.5) is 0 Å². The third-order valence-electron chi connectivity index (χ3n) is 1.55. The van der Waals surface area contributed by atoms with Crippen molar-refractivity contribution in [3.63, 3.8) is 0 Å². The molecule has 74 valence electrons. The van der Waals surface area contributed by atoms with Gasteiger partial charge >= 0.3 is 5.69 Å². The SMILES string of the molecule is NS(=O)(=O)CCCn1cc[nH]c1=O. The van der Waals surface area contributed by atoms with Crippen LogP contribution in [-0.4, -0.2) is 23.7 Å². The monoisotopic (exact) mass is 205 g/mol. The molecule has 0 spiro atoms. The number of primary sulfonamides is 1. The van der Waals surface area contributed by atoms with Gasteiger partial charge in [-0.15, -0.1) is 0 Å². The van der Waals surface area contributed by atoms with Crippen molar-refractivity contribution in [1.29, 1.82) is 0 Å². The summed E-state index contributed by atoms with van der Waals surface area (Å²) in [4.78, 5) is 13.3. The fourth-order valence-corrected chi connectivity index (χ4v) is 1.49. The van der Waals surface area contributed by atoms with Gasteiger partial charge in [0, 0.05) is 18.9 Å². The first-order valence-corrected chi connectivity index (χ1v) is 5.45. The van der Waals surface area contributed by atoms with Crippen molar-refractivity contribution in [2.75, 3.05) is 5.75 Å². The van der Waals surface area contributed by atoms with E-state index in [1.54, 1.807) is 6.20 Å². The summed E-state index contributed by atoms with van der Waals surface area (Å²) >= 11 is 0. The molecule has 6 nitrogen and oxygen atoms in total. The van der Waals surface area contributed by atoms with Crippen LogP contribution in [0.15, 0.2) is 17.2 Å². The molecule has 1 aromatic heterocycles. The molecule has 13 heavy (non-hydrogen) atoms. The molecule has 0 unspecified atom stereocenters. The minimum atomic E-state index is -3.42. The Morgan fingerprint density at radius 2 is 2.23 bits per heavy atom. The molecule has 0 saturated carbocycles. The molecule has 3 N–H and O–H groups in total. The Kier molecular flexibility index (Phi) is 2.89. The quantitative estimate of drug-likeness (QED) is 0.649. The van der Waals surface area contributed by atoms with E-state index in [1.807, 2.05) is 0 Å². The number of nitrogens with two attached hydrogens (primary N) is 1. The molecule has 0 radical (unpaired) electrons. The van der Waals surface area contributed by atoms with Crippen LogP contribution in [0.2, 0.25) is 0 Å². The van der Waals surface area contributed by atoms with Gasteiger partial charge in [0.15, 0.2) is 0 Å². The smallest absolute Gasteiger partial charge is 0.313 e. The average molecular weight is 205 g/mol. The summed E-state index contributed by atoms with van der Waals surface area (Å²) in [6.07, 6.45) is 3.40. The molecule has 1 rings (SSSR count). The summed E-state index contributed by atoms with van der Waals surface area (Å²) in [6, 6.07) is 0. The van der Waals surface area contributed by atoms with E-state index in [4.69, 9.17) is 5.14 Å². The van der Waals surface area contributed by atoms with Crippen molar-refractivity contribution in [1.82, 2.24) is 9.55 Å². The summed E-state index contributed by atoms with van der Waals surface area (Å²) in [5, 5.41) is 4.79. The maximum atomic E-state index is 10.9. The van der Waals surface area contributed by atoms with Gasteiger partial charge in [-0.1, -0.05) is 0 Å². The third kappa shape index (κ3) is 3.43. The number of rotatable bonds is 4. The maximum absolute atomic E-state index is 10.9. The molecule has 0 aliphatic rings. The molecular weight excluding hydrogens is 194 g/mol. The van der Waals surface area contributed by atoms with E-state index in [1.165, 1.54) is 10.8 Å². The van der Waals surface area contributed by atoms with Gasteiger partial charge in [0.2, 0.25) is 10.0 Å². The Morgan fingerprint density at radius 1 is 1.54 bits per heavy atom. The second-order valence-corrected chi connectivity index (χ2v) is 4.41. The van der Waals surface area contributed by atoms with Crippen LogP contribution in [0, 0.1) is 0 Å². The normalized spacial score (nSPS) is 11.8. The number of aromatic amines is 1. The molecule has 7 heteroatoms. The van der Waals surface area contributed by atoms with Crippen molar-refractivity contribution in [2.45, 2.75) is 13.0 Å². The first-order chi connectivity index (χ1) is 5.99. The Morgan fingerprint density at radius 3 is 2.69 bits per heavy atom. The summed E-state index contributed by atoms with van der Waals surface area (Å²) in [6.45, 7) is 0.360. The fourth-order valence-electron chi connectivity index (χ4n) is 0.961. The van der Waals surface area contributed by atoms with Gasteiger partial charge in [0.25, 0.3) is 0 Å². The van der Waals surface area contributed by atoms with Crippen LogP contribution in [0.25, 0.3) is 0 Å². The number of nitrogens with one attached hydrogen (secondary N) is 1. The van der Waals surface area contributed by atoms with Crippen molar-refractivity contribution in [3.8, 4) is 0 Å². The van der Waals surface area contributed by atoms with Crippen molar-refractivity contribution >= 4 is 10.0 Å². The lowest BCUT2D eigenvalue weighted by Gasteiger charge is -1.98. The van der Waals surface area contributed by atoms with Gasteiger partial charge in [0.1, 0.15) is 0 Å². The van der Waals surface area contributed by atoms with E-state index >= 15 is 0 Å². The molecule has 0 saturated heterocycles. The van der Waals surface area contributed by atoms with Crippen molar-refractivity contribution in [3.05, 3.63) is 22.9 Å². The predicted octanol–water partition coefficient (Wildman–Crippen LogP) is -1.15. The number of H-pyrrole nitrogens is 1. The Hall–Kier alpha value is -1.08. The third-order valence-corrected chi connectivity index (χ3v) is 2.41. The van der Waals surface area contributed by atoms with Gasteiger partial charge < -0.3 is 4.98 Å². The van der Waals surface area contributed by atoms with Crippen LogP contribution in [0.3, 0.4) is 0 Å². The first-order valence-electron chi connectivity index (χ1n) is 3.73. The number of hydrogen-bond acceptors (Lipinski definition) is 3. The highest BCUT2D eigenvalue weighted by Crippen LogP contribution is 1.89. The number of aryl methyl sites for hydroxylation is 1. The molecule has 0 aromatic carbocycles. The Bertz CT molecular complexity index is 416. The molecule has 0 aliphatic heterocycles. The summed E-state index contributed by atoms with van der Waals surface area (Å²) < 4.78 is 22.4. The largest absolute Gasteiger partial charge is 0.325 e. The second kappa shape index (κ2) is 3.75. The molecular formula is C6H11N3O3S. The van der Waals surface area contributed by atoms with Crippen LogP contribution in [0.5, 0.6) is 0 Å². The molecule has 0 aliphatic carbocycles. The maximum Gasteiger partial charge on any atom is 0.325 e. The van der Waals surface area contributed by atoms with Gasteiger partial charge in [-0.05, 0) is 6.42 Å². The highest BCUT2D eigenvalue weighted by atomic mass is 32.2. The van der Waals surface area contributed by atoms with E-state index in [2.05, 4.69) is 4.98 Å². The second-order valence-electron chi connectivity index (χ2n) is 2.68. The lowest BCUT2D eigenvalue weighted by Crippen LogP contribution is -2.21. The topological polar surface area (TPSA) is 97.9 Å². The zero-order valence-corrected chi connectivity index (χ0v) is 7.75. The van der Waals surface area contributed by atoms with Gasteiger partial charge in [-0.2, -0.15) is 0 Å². The van der Waals surface area contributed by atoms with E-state index in [0.717, 1.165) is 0 Å². The number of hydrogen-bond donors (Lipinski definition) is 2. The van der Waals surface area contributed by atoms with Crippen LogP contribution in [0.1, 0.15) is 6.42 Å². The van der Waals surface area contributed by atoms with E-state index in [0.29, 0.717) is 13.0 Å². The van der Waals surface area contributed by atoms with Crippen molar-refractivity contribution in [2.24, 2.45) is 5.14 Å². The van der Waals surface area contributed by atoms with Crippen LogP contribution >= 0.6 is 0 Å². The summed E-state index contributed by atoms with van der Waals surface area (Å²) in [7, 11) is -3.42. The first kappa shape index (κ1) is 10.0. The zero-order chi connectivity index (χ0) is 9.90. The molecule has 0 fully saturated rings. The lowest BCUT2D eigenvalue weighted by atomic mass is 10.5. The number of aromatic nitrogens is 2. The van der Waals surface area contributed by atoms with E-state index in [9.17, 15) is 13.2 Å². The summed E-state index contributed by atoms with van der Waals surface area (Å²) in [5.41, 5.74) is -0.241. The lowest BCUT2D eigenvalue weighted by molar-refractivity contribution is 0.586. The molecule has 0 atom stereocenters.